The molecule has 8 heteroatoms. The summed E-state index contributed by atoms with van der Waals surface area (Å²) in [5.74, 6) is 0.142. The Morgan fingerprint density at radius 2 is 1.95 bits per heavy atom. The second-order valence-corrected chi connectivity index (χ2v) is 9.85. The Hall–Kier alpha value is -0.180. The van der Waals surface area contributed by atoms with Gasteiger partial charge in [0.1, 0.15) is 0 Å². The van der Waals surface area contributed by atoms with Crippen LogP contribution in [0.5, 0.6) is 0 Å². The Kier molecular flexibility index (Phi) is 4.54. The summed E-state index contributed by atoms with van der Waals surface area (Å²) in [6, 6.07) is 0.201. The molecule has 6 nitrogen and oxygen atoms in total. The average molecular weight is 310 g/mol. The molecule has 0 aromatic rings. The van der Waals surface area contributed by atoms with Crippen molar-refractivity contribution in [1.29, 1.82) is 0 Å². The summed E-state index contributed by atoms with van der Waals surface area (Å²) in [5, 5.41) is 3.27. The molecule has 2 aliphatic rings. The Balaban J connectivity index is 1.80. The lowest BCUT2D eigenvalue weighted by Gasteiger charge is -2.22. The van der Waals surface area contributed by atoms with Crippen LogP contribution in [0.15, 0.2) is 0 Å². The van der Waals surface area contributed by atoms with Crippen LogP contribution in [-0.2, 0) is 19.9 Å². The molecule has 0 amide bonds. The van der Waals surface area contributed by atoms with Crippen molar-refractivity contribution in [2.75, 3.05) is 30.9 Å². The van der Waals surface area contributed by atoms with Gasteiger partial charge in [0.2, 0.25) is 10.0 Å². The summed E-state index contributed by atoms with van der Waals surface area (Å²) < 4.78 is 48.2. The maximum atomic E-state index is 12.1. The van der Waals surface area contributed by atoms with E-state index in [2.05, 4.69) is 5.32 Å². The number of nitrogens with one attached hydrogen (secondary N) is 1. The molecule has 2 rings (SSSR count). The Morgan fingerprint density at radius 3 is 2.47 bits per heavy atom. The van der Waals surface area contributed by atoms with Crippen molar-refractivity contribution in [3.8, 4) is 0 Å². The van der Waals surface area contributed by atoms with Gasteiger partial charge < -0.3 is 5.32 Å². The topological polar surface area (TPSA) is 83.6 Å². The third-order valence-corrected chi connectivity index (χ3v) is 7.48. The van der Waals surface area contributed by atoms with E-state index in [0.29, 0.717) is 25.4 Å². The molecule has 0 bridgehead atoms. The molecule has 1 saturated heterocycles. The molecule has 1 aliphatic carbocycles. The van der Waals surface area contributed by atoms with Crippen LogP contribution in [0.2, 0.25) is 0 Å². The quantitative estimate of drug-likeness (QED) is 0.646. The summed E-state index contributed by atoms with van der Waals surface area (Å²) in [5.41, 5.74) is 0. The molecule has 1 heterocycles. The number of rotatable bonds is 7. The van der Waals surface area contributed by atoms with Crippen molar-refractivity contribution in [2.45, 2.75) is 37.8 Å². The maximum Gasteiger partial charge on any atom is 0.214 e. The molecule has 112 valence electrons. The second-order valence-electron chi connectivity index (χ2n) is 5.47. The van der Waals surface area contributed by atoms with E-state index >= 15 is 0 Å². The van der Waals surface area contributed by atoms with Crippen molar-refractivity contribution in [1.82, 2.24) is 9.62 Å². The predicted molar refractivity (Wildman–Crippen MR) is 74.3 cm³/mol. The van der Waals surface area contributed by atoms with Gasteiger partial charge in [-0.15, -0.1) is 0 Å². The lowest BCUT2D eigenvalue weighted by Crippen LogP contribution is -2.39. The van der Waals surface area contributed by atoms with Gasteiger partial charge in [0.05, 0.1) is 17.3 Å². The zero-order valence-corrected chi connectivity index (χ0v) is 12.8. The zero-order valence-electron chi connectivity index (χ0n) is 11.2. The fraction of sp³-hybridized carbons (Fsp3) is 1.00. The first kappa shape index (κ1) is 15.2. The van der Waals surface area contributed by atoms with Crippen molar-refractivity contribution in [3.05, 3.63) is 0 Å². The highest BCUT2D eigenvalue weighted by Gasteiger charge is 2.35. The van der Waals surface area contributed by atoms with Crippen LogP contribution in [-0.4, -0.2) is 64.1 Å². The third-order valence-electron chi connectivity index (χ3n) is 3.75. The van der Waals surface area contributed by atoms with Gasteiger partial charge in [-0.1, -0.05) is 0 Å². The maximum absolute atomic E-state index is 12.1. The second kappa shape index (κ2) is 5.67. The van der Waals surface area contributed by atoms with Gasteiger partial charge in [0.15, 0.2) is 9.84 Å². The number of sulfonamides is 1. The van der Waals surface area contributed by atoms with Crippen molar-refractivity contribution >= 4 is 19.9 Å². The first-order valence-electron chi connectivity index (χ1n) is 6.70. The molecule has 0 aromatic heterocycles. The molecule has 1 aliphatic heterocycles. The highest BCUT2D eigenvalue weighted by molar-refractivity contribution is 7.92. The smallest absolute Gasteiger partial charge is 0.214 e. The van der Waals surface area contributed by atoms with E-state index in [1.807, 2.05) is 0 Å². The van der Waals surface area contributed by atoms with E-state index in [9.17, 15) is 16.8 Å². The normalized spacial score (nSPS) is 26.9. The molecule has 0 aromatic carbocycles. The molecule has 1 unspecified atom stereocenters. The molecule has 1 saturated carbocycles. The third kappa shape index (κ3) is 4.40. The van der Waals surface area contributed by atoms with Gasteiger partial charge >= 0.3 is 0 Å². The van der Waals surface area contributed by atoms with Crippen LogP contribution in [0.1, 0.15) is 25.7 Å². The molecule has 1 N–H and O–H groups in total. The lowest BCUT2D eigenvalue weighted by molar-refractivity contribution is 0.393. The standard InChI is InChI=1S/C11H22N2O4S2/c1-13(11-5-8-18(14,15)9-11)19(16,17)7-2-6-12-10-3-4-10/h10-12H,2-9H2,1H3. The highest BCUT2D eigenvalue weighted by Crippen LogP contribution is 2.20. The predicted octanol–water partition coefficient (Wildman–Crippen LogP) is -0.423. The van der Waals surface area contributed by atoms with E-state index < -0.39 is 19.9 Å². The van der Waals surface area contributed by atoms with Crippen LogP contribution in [0.4, 0.5) is 0 Å². The lowest BCUT2D eigenvalue weighted by atomic mass is 10.3. The Morgan fingerprint density at radius 1 is 1.26 bits per heavy atom. The molecular formula is C11H22N2O4S2. The zero-order chi connectivity index (χ0) is 14.1. The van der Waals surface area contributed by atoms with Crippen LogP contribution in [0, 0.1) is 0 Å². The number of hydrogen-bond acceptors (Lipinski definition) is 5. The molecule has 1 atom stereocenters. The average Bonchev–Trinajstić information content (AvgIpc) is 3.07. The van der Waals surface area contributed by atoms with Gasteiger partial charge in [-0.05, 0) is 32.2 Å². The fourth-order valence-electron chi connectivity index (χ4n) is 2.28. The van der Waals surface area contributed by atoms with E-state index in [1.165, 1.54) is 24.2 Å². The first-order chi connectivity index (χ1) is 8.80. The summed E-state index contributed by atoms with van der Waals surface area (Å²) in [6.07, 6.45) is 3.36. The van der Waals surface area contributed by atoms with Crippen LogP contribution < -0.4 is 5.32 Å². The van der Waals surface area contributed by atoms with Crippen LogP contribution >= 0.6 is 0 Å². The van der Waals surface area contributed by atoms with Crippen LogP contribution in [0.25, 0.3) is 0 Å². The molecule has 19 heavy (non-hydrogen) atoms. The van der Waals surface area contributed by atoms with E-state index in [1.54, 1.807) is 0 Å². The number of nitrogens with zero attached hydrogens (tertiary/aromatic N) is 1. The van der Waals surface area contributed by atoms with Crippen LogP contribution in [0.3, 0.4) is 0 Å². The minimum Gasteiger partial charge on any atom is -0.314 e. The molecule has 0 radical (unpaired) electrons. The monoisotopic (exact) mass is 310 g/mol. The Labute approximate surface area is 115 Å². The van der Waals surface area contributed by atoms with Crippen molar-refractivity contribution in [3.63, 3.8) is 0 Å². The van der Waals surface area contributed by atoms with Gasteiger partial charge in [-0.3, -0.25) is 0 Å². The summed E-state index contributed by atoms with van der Waals surface area (Å²) in [7, 11) is -4.89. The Bertz CT molecular complexity index is 511. The molecular weight excluding hydrogens is 288 g/mol. The van der Waals surface area contributed by atoms with Crippen molar-refractivity contribution < 1.29 is 16.8 Å². The number of hydrogen-bond donors (Lipinski definition) is 1. The van der Waals surface area contributed by atoms with Gasteiger partial charge in [-0.25, -0.2) is 21.1 Å². The highest BCUT2D eigenvalue weighted by atomic mass is 32.2. The van der Waals surface area contributed by atoms with Gasteiger partial charge in [0, 0.05) is 19.1 Å². The van der Waals surface area contributed by atoms with Gasteiger partial charge in [0.25, 0.3) is 0 Å². The SMILES string of the molecule is CN(C1CCS(=O)(=O)C1)S(=O)(=O)CCCNC1CC1. The largest absolute Gasteiger partial charge is 0.314 e. The van der Waals surface area contributed by atoms with E-state index in [4.69, 9.17) is 0 Å². The minimum atomic E-state index is -3.34. The van der Waals surface area contributed by atoms with E-state index in [0.717, 1.165) is 0 Å². The summed E-state index contributed by atoms with van der Waals surface area (Å²) >= 11 is 0. The fourth-order valence-corrected chi connectivity index (χ4v) is 5.58. The number of sulfone groups is 1. The van der Waals surface area contributed by atoms with E-state index in [-0.39, 0.29) is 23.3 Å². The van der Waals surface area contributed by atoms with Gasteiger partial charge in [-0.2, -0.15) is 0 Å². The van der Waals surface area contributed by atoms with Crippen molar-refractivity contribution in [2.24, 2.45) is 0 Å². The summed E-state index contributed by atoms with van der Waals surface area (Å²) in [4.78, 5) is 0. The first-order valence-corrected chi connectivity index (χ1v) is 10.1. The molecule has 0 spiro atoms. The minimum absolute atomic E-state index is 0.0386. The summed E-state index contributed by atoms with van der Waals surface area (Å²) in [6.45, 7) is 0.709. The molecule has 2 fully saturated rings.